The van der Waals surface area contributed by atoms with Crippen LogP contribution >= 0.6 is 0 Å². The van der Waals surface area contributed by atoms with Crippen molar-refractivity contribution >= 4 is 29.4 Å². The highest BCUT2D eigenvalue weighted by atomic mass is 16.5. The number of methoxy groups -OCH3 is 1. The molecule has 2 heterocycles. The Bertz CT molecular complexity index is 1020. The third kappa shape index (κ3) is 3.92. The van der Waals surface area contributed by atoms with Crippen molar-refractivity contribution in [1.82, 2.24) is 0 Å². The predicted octanol–water partition coefficient (Wildman–Crippen LogP) is 2.97. The third-order valence-corrected chi connectivity index (χ3v) is 5.18. The Balaban J connectivity index is 1.40. The zero-order valence-electron chi connectivity index (χ0n) is 16.1. The maximum absolute atomic E-state index is 12.5. The van der Waals surface area contributed by atoms with Crippen LogP contribution in [0, 0.1) is 0 Å². The quantitative estimate of drug-likeness (QED) is 0.430. The first-order valence-electron chi connectivity index (χ1n) is 9.53. The monoisotopic (exact) mass is 391 g/mol. The van der Waals surface area contributed by atoms with E-state index in [0.717, 1.165) is 41.8 Å². The van der Waals surface area contributed by atoms with Crippen LogP contribution in [-0.4, -0.2) is 37.9 Å². The lowest BCUT2D eigenvalue weighted by Crippen LogP contribution is -2.31. The van der Waals surface area contributed by atoms with Crippen LogP contribution in [0.3, 0.4) is 0 Å². The number of ketones is 1. The molecule has 0 saturated carbocycles. The van der Waals surface area contributed by atoms with E-state index < -0.39 is 5.97 Å². The fourth-order valence-corrected chi connectivity index (χ4v) is 3.82. The van der Waals surface area contributed by atoms with Gasteiger partial charge in [0.2, 0.25) is 5.91 Å². The van der Waals surface area contributed by atoms with E-state index in [1.165, 1.54) is 6.08 Å². The maximum Gasteiger partial charge on any atom is 0.331 e. The molecule has 2 aromatic rings. The van der Waals surface area contributed by atoms with Crippen molar-refractivity contribution < 1.29 is 23.9 Å². The molecule has 0 aromatic heterocycles. The number of aryl methyl sites for hydroxylation is 1. The Kier molecular flexibility index (Phi) is 5.16. The fourth-order valence-electron chi connectivity index (χ4n) is 3.82. The Morgan fingerprint density at radius 2 is 2.00 bits per heavy atom. The molecule has 0 N–H and O–H groups in total. The maximum atomic E-state index is 12.5. The number of hydrogen-bond acceptors (Lipinski definition) is 5. The highest BCUT2D eigenvalue weighted by molar-refractivity contribution is 6.05. The number of esters is 1. The van der Waals surface area contributed by atoms with Crippen molar-refractivity contribution in [3.63, 3.8) is 0 Å². The molecular weight excluding hydrogens is 370 g/mol. The van der Waals surface area contributed by atoms with Crippen LogP contribution in [0.4, 0.5) is 5.69 Å². The van der Waals surface area contributed by atoms with E-state index in [2.05, 4.69) is 0 Å². The standard InChI is InChI=1S/C23H21NO5/c1-28-19-6-2-4-15(10-19)7-8-22(27)29-14-20(25)17-11-16-5-3-9-24-21(26)13-18(12-17)23(16)24/h2,4,6-8,10-12H,3,5,9,13-14H2,1H3/b8-7+. The summed E-state index contributed by atoms with van der Waals surface area (Å²) in [6, 6.07) is 10.8. The Labute approximate surface area is 168 Å². The van der Waals surface area contributed by atoms with E-state index in [9.17, 15) is 14.4 Å². The number of nitrogens with zero attached hydrogens (tertiary/aromatic N) is 1. The van der Waals surface area contributed by atoms with Crippen LogP contribution in [0.25, 0.3) is 6.08 Å². The van der Waals surface area contributed by atoms with Gasteiger partial charge in [0.15, 0.2) is 12.4 Å². The number of carbonyl (C=O) groups is 3. The molecule has 1 amide bonds. The fraction of sp³-hybridized carbons (Fsp3) is 0.261. The lowest BCUT2D eigenvalue weighted by Gasteiger charge is -2.25. The minimum absolute atomic E-state index is 0.0830. The van der Waals surface area contributed by atoms with Gasteiger partial charge in [-0.3, -0.25) is 9.59 Å². The molecule has 0 saturated heterocycles. The number of hydrogen-bond donors (Lipinski definition) is 0. The van der Waals surface area contributed by atoms with E-state index >= 15 is 0 Å². The Morgan fingerprint density at radius 1 is 1.17 bits per heavy atom. The number of benzene rings is 2. The zero-order valence-corrected chi connectivity index (χ0v) is 16.1. The first-order chi connectivity index (χ1) is 14.0. The summed E-state index contributed by atoms with van der Waals surface area (Å²) < 4.78 is 10.2. The number of Topliss-reactive ketones (excluding diaryl/α,β-unsaturated/α-hetero) is 1. The molecular formula is C23H21NO5. The summed E-state index contributed by atoms with van der Waals surface area (Å²) in [6.07, 6.45) is 4.95. The van der Waals surface area contributed by atoms with E-state index in [-0.39, 0.29) is 18.3 Å². The van der Waals surface area contributed by atoms with Crippen molar-refractivity contribution in [2.75, 3.05) is 25.2 Å². The summed E-state index contributed by atoms with van der Waals surface area (Å²) in [5, 5.41) is 0. The molecule has 4 rings (SSSR count). The van der Waals surface area contributed by atoms with E-state index in [1.54, 1.807) is 25.3 Å². The molecule has 2 aliphatic heterocycles. The molecule has 0 unspecified atom stereocenters. The first kappa shape index (κ1) is 18.9. The van der Waals surface area contributed by atoms with Gasteiger partial charge < -0.3 is 14.4 Å². The van der Waals surface area contributed by atoms with Crippen molar-refractivity contribution in [3.05, 3.63) is 64.7 Å². The Hall–Kier alpha value is -3.41. The molecule has 2 aromatic carbocycles. The molecule has 6 nitrogen and oxygen atoms in total. The van der Waals surface area contributed by atoms with Gasteiger partial charge in [-0.25, -0.2) is 4.79 Å². The van der Waals surface area contributed by atoms with Crippen molar-refractivity contribution in [1.29, 1.82) is 0 Å². The van der Waals surface area contributed by atoms with Gasteiger partial charge in [-0.1, -0.05) is 12.1 Å². The van der Waals surface area contributed by atoms with Crippen molar-refractivity contribution in [2.45, 2.75) is 19.3 Å². The average Bonchev–Trinajstić information content (AvgIpc) is 3.07. The van der Waals surface area contributed by atoms with E-state index in [0.29, 0.717) is 17.7 Å². The topological polar surface area (TPSA) is 72.9 Å². The molecule has 2 aliphatic rings. The van der Waals surface area contributed by atoms with Crippen molar-refractivity contribution in [2.24, 2.45) is 0 Å². The summed E-state index contributed by atoms with van der Waals surface area (Å²) in [6.45, 7) is 0.403. The minimum Gasteiger partial charge on any atom is -0.497 e. The van der Waals surface area contributed by atoms with Crippen LogP contribution in [0.15, 0.2) is 42.5 Å². The molecule has 0 fully saturated rings. The van der Waals surface area contributed by atoms with Gasteiger partial charge in [-0.15, -0.1) is 0 Å². The molecule has 0 aliphatic carbocycles. The molecule has 0 radical (unpaired) electrons. The number of rotatable bonds is 6. The summed E-state index contributed by atoms with van der Waals surface area (Å²) in [5.74, 6) is -0.0957. The lowest BCUT2D eigenvalue weighted by atomic mass is 9.95. The highest BCUT2D eigenvalue weighted by Crippen LogP contribution is 2.37. The third-order valence-electron chi connectivity index (χ3n) is 5.18. The second-order valence-electron chi connectivity index (χ2n) is 7.11. The molecule has 0 spiro atoms. The molecule has 0 atom stereocenters. The molecule has 148 valence electrons. The first-order valence-corrected chi connectivity index (χ1v) is 9.53. The summed E-state index contributed by atoms with van der Waals surface area (Å²) in [4.78, 5) is 38.4. The number of anilines is 1. The average molecular weight is 391 g/mol. The van der Waals surface area contributed by atoms with Gasteiger partial charge in [0, 0.05) is 18.2 Å². The van der Waals surface area contributed by atoms with Crippen LogP contribution in [0.2, 0.25) is 0 Å². The van der Waals surface area contributed by atoms with E-state index in [4.69, 9.17) is 9.47 Å². The molecule has 0 bridgehead atoms. The van der Waals surface area contributed by atoms with Crippen LogP contribution in [0.1, 0.15) is 33.5 Å². The summed E-state index contributed by atoms with van der Waals surface area (Å²) in [7, 11) is 1.57. The van der Waals surface area contributed by atoms with Crippen LogP contribution < -0.4 is 9.64 Å². The largest absolute Gasteiger partial charge is 0.497 e. The highest BCUT2D eigenvalue weighted by Gasteiger charge is 2.32. The minimum atomic E-state index is -0.593. The van der Waals surface area contributed by atoms with Gasteiger partial charge in [-0.2, -0.15) is 0 Å². The second-order valence-corrected chi connectivity index (χ2v) is 7.11. The van der Waals surface area contributed by atoms with Crippen molar-refractivity contribution in [3.8, 4) is 5.75 Å². The van der Waals surface area contributed by atoms with Gasteiger partial charge >= 0.3 is 5.97 Å². The lowest BCUT2D eigenvalue weighted by molar-refractivity contribution is -0.136. The van der Waals surface area contributed by atoms with Gasteiger partial charge in [0.05, 0.1) is 19.2 Å². The number of ether oxygens (including phenoxy) is 2. The van der Waals surface area contributed by atoms with Crippen LogP contribution in [0.5, 0.6) is 5.75 Å². The summed E-state index contributed by atoms with van der Waals surface area (Å²) in [5.41, 5.74) is 4.16. The SMILES string of the molecule is COc1cccc(/C=C/C(=O)OCC(=O)c2cc3c4c(c2)CC(=O)N4CCC3)c1. The molecule has 29 heavy (non-hydrogen) atoms. The predicted molar refractivity (Wildman–Crippen MR) is 108 cm³/mol. The van der Waals surface area contributed by atoms with Gasteiger partial charge in [0.25, 0.3) is 0 Å². The van der Waals surface area contributed by atoms with Gasteiger partial charge in [-0.05, 0) is 59.9 Å². The smallest absolute Gasteiger partial charge is 0.331 e. The molecule has 6 heteroatoms. The second kappa shape index (κ2) is 7.91. The van der Waals surface area contributed by atoms with E-state index in [1.807, 2.05) is 29.2 Å². The zero-order chi connectivity index (χ0) is 20.4. The number of carbonyl (C=O) groups excluding carboxylic acids is 3. The van der Waals surface area contributed by atoms with Crippen LogP contribution in [-0.2, 0) is 27.2 Å². The normalized spacial score (nSPS) is 14.8. The Morgan fingerprint density at radius 3 is 2.83 bits per heavy atom. The number of amides is 1. The van der Waals surface area contributed by atoms with Gasteiger partial charge in [0.1, 0.15) is 5.75 Å². The summed E-state index contributed by atoms with van der Waals surface area (Å²) >= 11 is 0.